The first-order valence-electron chi connectivity index (χ1n) is 13.4. The highest BCUT2D eigenvalue weighted by Crippen LogP contribution is 2.54. The van der Waals surface area contributed by atoms with Crippen LogP contribution in [0.15, 0.2) is 31.3 Å². The molecule has 0 saturated carbocycles. The van der Waals surface area contributed by atoms with Gasteiger partial charge >= 0.3 is 15.6 Å². The van der Waals surface area contributed by atoms with Crippen molar-refractivity contribution >= 4 is 44.3 Å². The lowest BCUT2D eigenvalue weighted by atomic mass is 10.0. The zero-order valence-corrected chi connectivity index (χ0v) is 24.8. The molecule has 3 fully saturated rings. The molecule has 10 unspecified atom stereocenters. The van der Waals surface area contributed by atoms with E-state index in [2.05, 4.69) is 26.5 Å². The molecule has 8 N–H and O–H groups in total. The van der Waals surface area contributed by atoms with Gasteiger partial charge in [-0.05, 0) is 11.6 Å². The smallest absolute Gasteiger partial charge is 0.402 e. The Kier molecular flexibility index (Phi) is 7.47. The van der Waals surface area contributed by atoms with Crippen molar-refractivity contribution in [3.8, 4) is 0 Å². The normalized spacial score (nSPS) is 39.0. The van der Waals surface area contributed by atoms with Gasteiger partial charge in [0.1, 0.15) is 48.5 Å². The summed E-state index contributed by atoms with van der Waals surface area (Å²) < 4.78 is 62.0. The summed E-state index contributed by atoms with van der Waals surface area (Å²) in [5.41, 5.74) is 14.2. The number of aliphatic hydroxyl groups is 2. The van der Waals surface area contributed by atoms with Crippen molar-refractivity contribution in [2.24, 2.45) is 5.73 Å². The highest BCUT2D eigenvalue weighted by atomic mass is 31.2. The third-order valence-corrected chi connectivity index (χ3v) is 9.75. The molecule has 0 spiro atoms. The first kappa shape index (κ1) is 30.5. The molecule has 22 heteroatoms. The largest absolute Gasteiger partial charge is 0.472 e. The topological polar surface area (TPSA) is 284 Å². The number of allylic oxidation sites excluding steroid dienone is 1. The van der Waals surface area contributed by atoms with Crippen LogP contribution >= 0.6 is 15.6 Å². The van der Waals surface area contributed by atoms with Crippen LogP contribution < -0.4 is 11.5 Å². The van der Waals surface area contributed by atoms with Crippen LogP contribution in [0, 0.1) is 0 Å². The van der Waals surface area contributed by atoms with Gasteiger partial charge in [-0.3, -0.25) is 22.7 Å². The molecule has 3 aromatic heterocycles. The maximum atomic E-state index is 13.3. The van der Waals surface area contributed by atoms with Crippen molar-refractivity contribution in [1.29, 1.82) is 0 Å². The summed E-state index contributed by atoms with van der Waals surface area (Å²) >= 11 is 0. The molecular formula is C23H28N8O12P2. The third-order valence-electron chi connectivity index (χ3n) is 7.78. The van der Waals surface area contributed by atoms with Crippen molar-refractivity contribution in [3.05, 3.63) is 42.6 Å². The second-order valence-electron chi connectivity index (χ2n) is 10.7. The molecule has 7 rings (SSSR count). The second kappa shape index (κ2) is 11.0. The number of phosphoric ester groups is 2. The predicted molar refractivity (Wildman–Crippen MR) is 149 cm³/mol. The van der Waals surface area contributed by atoms with E-state index in [0.717, 1.165) is 0 Å². The first-order valence-corrected chi connectivity index (χ1v) is 16.4. The van der Waals surface area contributed by atoms with Crippen LogP contribution in [0.4, 0.5) is 5.82 Å². The number of nitrogens with two attached hydrogens (primary N) is 2. The number of imidazole rings is 2. The number of nitrogens with zero attached hydrogens (tertiary/aromatic N) is 6. The van der Waals surface area contributed by atoms with E-state index in [-0.39, 0.29) is 17.0 Å². The first-order chi connectivity index (χ1) is 21.3. The van der Waals surface area contributed by atoms with Gasteiger partial charge in [-0.15, -0.1) is 0 Å². The van der Waals surface area contributed by atoms with Gasteiger partial charge in [-0.1, -0.05) is 6.58 Å². The molecule has 20 nitrogen and oxygen atoms in total. The van der Waals surface area contributed by atoms with Gasteiger partial charge < -0.3 is 45.5 Å². The third kappa shape index (κ3) is 5.42. The highest BCUT2D eigenvalue weighted by Gasteiger charge is 2.54. The fourth-order valence-corrected chi connectivity index (χ4v) is 7.61. The fraction of sp³-hybridized carbons (Fsp3) is 0.478. The number of fused-ring (bicyclic) bond motifs is 5. The molecule has 6 heterocycles. The van der Waals surface area contributed by atoms with E-state index in [1.54, 1.807) is 6.08 Å². The standard InChI is InChI=1S/C23H28N8O12P2/c1-9-2-10(24)3-11-14(9)28-7-30(11)23-19-16(32)12(40-23)4-38-44(34,35)42-18-13(5-39-45(36,37)43-19)41-22(17(18)33)31-8-29-15-20(25)26-6-27-21(15)31/h3,6-8,12-13,16-19,22-23,32-33H,1-2,4-5,24H2,(H,34,35)(H,36,37)(H2,25,26,27). The Bertz CT molecular complexity index is 1800. The highest BCUT2D eigenvalue weighted by molar-refractivity contribution is 7.47. The lowest BCUT2D eigenvalue weighted by molar-refractivity contribution is -0.0682. The molecule has 3 saturated heterocycles. The fourth-order valence-electron chi connectivity index (χ4n) is 5.71. The molecule has 10 atom stereocenters. The Hall–Kier alpha value is -3.10. The van der Waals surface area contributed by atoms with E-state index in [0.29, 0.717) is 29.1 Å². The van der Waals surface area contributed by atoms with Crippen molar-refractivity contribution < 1.29 is 56.7 Å². The van der Waals surface area contributed by atoms with E-state index in [1.165, 1.54) is 28.1 Å². The number of anilines is 1. The average molecular weight is 670 g/mol. The lowest BCUT2D eigenvalue weighted by Crippen LogP contribution is -2.36. The maximum Gasteiger partial charge on any atom is 0.472 e. The molecule has 1 aliphatic carbocycles. The van der Waals surface area contributed by atoms with Crippen molar-refractivity contribution in [2.45, 2.75) is 55.5 Å². The number of ether oxygens (including phenoxy) is 2. The van der Waals surface area contributed by atoms with Crippen LogP contribution in [0.5, 0.6) is 0 Å². The number of aromatic nitrogens is 6. The predicted octanol–water partition coefficient (Wildman–Crippen LogP) is -0.444. The van der Waals surface area contributed by atoms with Crippen LogP contribution in [-0.4, -0.2) is 98.9 Å². The molecule has 0 radical (unpaired) electrons. The lowest BCUT2D eigenvalue weighted by Gasteiger charge is -2.26. The Morgan fingerprint density at radius 1 is 0.867 bits per heavy atom. The van der Waals surface area contributed by atoms with Gasteiger partial charge in [0, 0.05) is 12.1 Å². The molecule has 242 valence electrons. The Morgan fingerprint density at radius 3 is 2.29 bits per heavy atom. The van der Waals surface area contributed by atoms with Crippen LogP contribution in [-0.2, 0) is 36.7 Å². The summed E-state index contributed by atoms with van der Waals surface area (Å²) in [4.78, 5) is 37.8. The summed E-state index contributed by atoms with van der Waals surface area (Å²) in [5.74, 6) is 0.0537. The molecule has 45 heavy (non-hydrogen) atoms. The summed E-state index contributed by atoms with van der Waals surface area (Å²) in [6.45, 7) is 2.44. The van der Waals surface area contributed by atoms with Crippen molar-refractivity contribution in [2.75, 3.05) is 18.9 Å². The van der Waals surface area contributed by atoms with Gasteiger partial charge in [-0.2, -0.15) is 0 Å². The van der Waals surface area contributed by atoms with Crippen LogP contribution in [0.25, 0.3) is 22.8 Å². The van der Waals surface area contributed by atoms with Crippen LogP contribution in [0.1, 0.15) is 30.3 Å². The second-order valence-corrected chi connectivity index (χ2v) is 13.6. The number of hydrogen-bond acceptors (Lipinski definition) is 16. The van der Waals surface area contributed by atoms with Crippen molar-refractivity contribution in [3.63, 3.8) is 0 Å². The van der Waals surface area contributed by atoms with E-state index in [9.17, 15) is 29.1 Å². The molecule has 3 aromatic rings. The van der Waals surface area contributed by atoms with Gasteiger partial charge in [-0.25, -0.2) is 29.1 Å². The number of nitrogen functional groups attached to an aromatic ring is 1. The summed E-state index contributed by atoms with van der Waals surface area (Å²) in [6.07, 6.45) is -6.22. The van der Waals surface area contributed by atoms with E-state index in [4.69, 9.17) is 39.0 Å². The van der Waals surface area contributed by atoms with Gasteiger partial charge in [0.15, 0.2) is 23.9 Å². The Labute approximate surface area is 253 Å². The number of phosphoric acid groups is 2. The van der Waals surface area contributed by atoms with E-state index in [1.807, 2.05) is 0 Å². The SMILES string of the molecule is C=C1CC(N)=Cc2c1ncn2C1OC2COP(=O)(O)OC3C(COP(=O)(O)OC1C2O)OC(n1cnc2c(N)ncnc21)C3O. The molecule has 2 bridgehead atoms. The molecule has 0 aromatic carbocycles. The maximum absolute atomic E-state index is 13.3. The molecule has 4 aliphatic rings. The van der Waals surface area contributed by atoms with Crippen molar-refractivity contribution in [1.82, 2.24) is 29.1 Å². The summed E-state index contributed by atoms with van der Waals surface area (Å²) in [6, 6.07) is 0. The van der Waals surface area contributed by atoms with Gasteiger partial charge in [0.05, 0.1) is 37.3 Å². The zero-order chi connectivity index (χ0) is 31.8. The van der Waals surface area contributed by atoms with Crippen LogP contribution in [0.3, 0.4) is 0 Å². The van der Waals surface area contributed by atoms with Crippen LogP contribution in [0.2, 0.25) is 0 Å². The Morgan fingerprint density at radius 2 is 1.53 bits per heavy atom. The minimum Gasteiger partial charge on any atom is -0.402 e. The molecular weight excluding hydrogens is 642 g/mol. The van der Waals surface area contributed by atoms with Gasteiger partial charge in [0.2, 0.25) is 0 Å². The van der Waals surface area contributed by atoms with Gasteiger partial charge in [0.25, 0.3) is 0 Å². The Balaban J connectivity index is 1.19. The minimum atomic E-state index is -5.03. The van der Waals surface area contributed by atoms with E-state index < -0.39 is 77.9 Å². The number of aliphatic hydroxyl groups excluding tert-OH is 2. The number of rotatable bonds is 2. The molecule has 3 aliphatic heterocycles. The number of hydrogen-bond donors (Lipinski definition) is 6. The minimum absolute atomic E-state index is 0.0537. The van der Waals surface area contributed by atoms with E-state index >= 15 is 0 Å². The summed E-state index contributed by atoms with van der Waals surface area (Å²) in [5, 5.41) is 22.2. The quantitative estimate of drug-likeness (QED) is 0.188. The monoisotopic (exact) mass is 670 g/mol. The average Bonchev–Trinajstić information content (AvgIpc) is 3.72. The summed E-state index contributed by atoms with van der Waals surface area (Å²) in [7, 11) is -10.0. The molecule has 0 amide bonds. The zero-order valence-electron chi connectivity index (χ0n) is 23.0.